The fourth-order valence-corrected chi connectivity index (χ4v) is 3.56. The number of rotatable bonds is 5. The van der Waals surface area contributed by atoms with Crippen molar-refractivity contribution in [1.29, 1.82) is 0 Å². The topological polar surface area (TPSA) is 102 Å². The number of imidazole rings is 1. The summed E-state index contributed by atoms with van der Waals surface area (Å²) in [4.78, 5) is 30.0. The molecular formula is C21H23N5O3. The summed E-state index contributed by atoms with van der Waals surface area (Å²) in [5.74, 6) is 0.531. The largest absolute Gasteiger partial charge is 0.360 e. The van der Waals surface area contributed by atoms with Gasteiger partial charge in [-0.3, -0.25) is 9.59 Å². The highest BCUT2D eigenvalue weighted by Crippen LogP contribution is 2.22. The van der Waals surface area contributed by atoms with Crippen molar-refractivity contribution >= 4 is 17.6 Å². The van der Waals surface area contributed by atoms with Crippen LogP contribution in [0.4, 0.5) is 5.82 Å². The molecule has 0 fully saturated rings. The van der Waals surface area contributed by atoms with Gasteiger partial charge in [0.1, 0.15) is 5.76 Å². The van der Waals surface area contributed by atoms with E-state index in [1.54, 1.807) is 13.0 Å². The Morgan fingerprint density at radius 3 is 2.76 bits per heavy atom. The molecule has 3 aromatic rings. The van der Waals surface area contributed by atoms with Gasteiger partial charge in [0.05, 0.1) is 5.69 Å². The smallest absolute Gasteiger partial charge is 0.287 e. The summed E-state index contributed by atoms with van der Waals surface area (Å²) in [5, 5.41) is 9.41. The molecular weight excluding hydrogens is 370 g/mol. The minimum atomic E-state index is -0.387. The van der Waals surface area contributed by atoms with E-state index in [9.17, 15) is 9.59 Å². The van der Waals surface area contributed by atoms with E-state index in [4.69, 9.17) is 4.52 Å². The highest BCUT2D eigenvalue weighted by molar-refractivity contribution is 6.04. The molecule has 0 spiro atoms. The van der Waals surface area contributed by atoms with Crippen LogP contribution >= 0.6 is 0 Å². The highest BCUT2D eigenvalue weighted by Gasteiger charge is 2.27. The lowest BCUT2D eigenvalue weighted by molar-refractivity contribution is 0.0935. The van der Waals surface area contributed by atoms with Crippen LogP contribution in [-0.2, 0) is 19.5 Å². The highest BCUT2D eigenvalue weighted by atomic mass is 16.5. The molecule has 0 unspecified atom stereocenters. The standard InChI is InChI=1S/C21H23N5O3/c1-13-7-3-4-8-15(13)12-22-21(28)19-24-18(16-9-5-6-10-26(16)19)20(27)23-17-11-14(2)29-25-17/h3-4,7-8,11H,5-6,9-10,12H2,1-2H3,(H,22,28)(H,23,25,27). The fraction of sp³-hybridized carbons (Fsp3) is 0.333. The van der Waals surface area contributed by atoms with Crippen LogP contribution in [0.1, 0.15) is 56.5 Å². The van der Waals surface area contributed by atoms with E-state index in [0.717, 1.165) is 29.7 Å². The molecule has 0 saturated carbocycles. The van der Waals surface area contributed by atoms with Gasteiger partial charge in [0.25, 0.3) is 11.8 Å². The number of aryl methyl sites for hydroxylation is 2. The number of hydrogen-bond acceptors (Lipinski definition) is 5. The van der Waals surface area contributed by atoms with Gasteiger partial charge in [-0.25, -0.2) is 4.98 Å². The van der Waals surface area contributed by atoms with Gasteiger partial charge in [0.2, 0.25) is 0 Å². The van der Waals surface area contributed by atoms with Crippen molar-refractivity contribution in [2.24, 2.45) is 0 Å². The maximum atomic E-state index is 12.8. The van der Waals surface area contributed by atoms with Crippen molar-refractivity contribution in [3.63, 3.8) is 0 Å². The van der Waals surface area contributed by atoms with Crippen LogP contribution in [0.15, 0.2) is 34.9 Å². The summed E-state index contributed by atoms with van der Waals surface area (Å²) < 4.78 is 6.85. The number of fused-ring (bicyclic) bond motifs is 1. The van der Waals surface area contributed by atoms with E-state index >= 15 is 0 Å². The maximum absolute atomic E-state index is 12.8. The van der Waals surface area contributed by atoms with Gasteiger partial charge >= 0.3 is 0 Å². The zero-order chi connectivity index (χ0) is 20.4. The molecule has 0 saturated heterocycles. The Bertz CT molecular complexity index is 1070. The Morgan fingerprint density at radius 2 is 2.00 bits per heavy atom. The molecule has 1 aliphatic rings. The molecule has 0 radical (unpaired) electrons. The second kappa shape index (κ2) is 7.90. The first-order chi connectivity index (χ1) is 14.0. The predicted molar refractivity (Wildman–Crippen MR) is 107 cm³/mol. The molecule has 2 N–H and O–H groups in total. The van der Waals surface area contributed by atoms with Crippen LogP contribution in [0.5, 0.6) is 0 Å². The Labute approximate surface area is 168 Å². The average Bonchev–Trinajstić information content (AvgIpc) is 3.30. The van der Waals surface area contributed by atoms with Crippen molar-refractivity contribution in [1.82, 2.24) is 20.0 Å². The van der Waals surface area contributed by atoms with E-state index in [0.29, 0.717) is 31.1 Å². The molecule has 2 amide bonds. The van der Waals surface area contributed by atoms with Crippen LogP contribution in [0, 0.1) is 13.8 Å². The third-order valence-corrected chi connectivity index (χ3v) is 5.11. The summed E-state index contributed by atoms with van der Waals surface area (Å²) >= 11 is 0. The summed E-state index contributed by atoms with van der Waals surface area (Å²) in [6, 6.07) is 9.53. The Balaban J connectivity index is 1.56. The number of nitrogens with zero attached hydrogens (tertiary/aromatic N) is 3. The lowest BCUT2D eigenvalue weighted by Gasteiger charge is -2.17. The van der Waals surface area contributed by atoms with Crippen molar-refractivity contribution in [2.75, 3.05) is 5.32 Å². The van der Waals surface area contributed by atoms with Gasteiger partial charge in [-0.15, -0.1) is 0 Å². The molecule has 1 aromatic carbocycles. The summed E-state index contributed by atoms with van der Waals surface area (Å²) in [6.07, 6.45) is 2.61. The van der Waals surface area contributed by atoms with Gasteiger partial charge in [-0.1, -0.05) is 29.4 Å². The molecule has 1 aliphatic heterocycles. The number of carbonyl (C=O) groups excluding carboxylic acids is 2. The quantitative estimate of drug-likeness (QED) is 0.694. The number of nitrogens with one attached hydrogen (secondary N) is 2. The first-order valence-electron chi connectivity index (χ1n) is 9.69. The van der Waals surface area contributed by atoms with Crippen LogP contribution in [-0.4, -0.2) is 26.5 Å². The Kier molecular flexibility index (Phi) is 5.16. The first kappa shape index (κ1) is 18.9. The van der Waals surface area contributed by atoms with Gasteiger partial charge in [-0.05, 0) is 44.2 Å². The first-order valence-corrected chi connectivity index (χ1v) is 9.69. The Hall–Kier alpha value is -3.42. The molecule has 8 nitrogen and oxygen atoms in total. The number of amides is 2. The van der Waals surface area contributed by atoms with Crippen LogP contribution in [0.2, 0.25) is 0 Å². The minimum absolute atomic E-state index is 0.270. The van der Waals surface area contributed by atoms with Gasteiger partial charge in [0, 0.05) is 19.2 Å². The van der Waals surface area contributed by atoms with Crippen molar-refractivity contribution in [3.8, 4) is 0 Å². The summed E-state index contributed by atoms with van der Waals surface area (Å²) in [6.45, 7) is 4.84. The molecule has 0 aliphatic carbocycles. The van der Waals surface area contributed by atoms with Crippen LogP contribution < -0.4 is 10.6 Å². The van der Waals surface area contributed by atoms with Crippen LogP contribution in [0.3, 0.4) is 0 Å². The molecule has 0 atom stereocenters. The van der Waals surface area contributed by atoms with Gasteiger partial charge < -0.3 is 19.7 Å². The summed E-state index contributed by atoms with van der Waals surface area (Å²) in [7, 11) is 0. The molecule has 150 valence electrons. The van der Waals surface area contributed by atoms with Crippen LogP contribution in [0.25, 0.3) is 0 Å². The molecule has 4 rings (SSSR count). The van der Waals surface area contributed by atoms with E-state index in [1.807, 2.05) is 35.8 Å². The number of carbonyl (C=O) groups is 2. The number of hydrogen-bond donors (Lipinski definition) is 2. The number of aromatic nitrogens is 3. The second-order valence-electron chi connectivity index (χ2n) is 7.23. The van der Waals surface area contributed by atoms with Gasteiger partial charge in [-0.2, -0.15) is 0 Å². The summed E-state index contributed by atoms with van der Waals surface area (Å²) in [5.41, 5.74) is 3.22. The molecule has 2 aromatic heterocycles. The number of anilines is 1. The third kappa shape index (κ3) is 3.91. The minimum Gasteiger partial charge on any atom is -0.360 e. The van der Waals surface area contributed by atoms with E-state index in [-0.39, 0.29) is 23.3 Å². The molecule has 29 heavy (non-hydrogen) atoms. The van der Waals surface area contributed by atoms with E-state index < -0.39 is 0 Å². The zero-order valence-electron chi connectivity index (χ0n) is 16.5. The van der Waals surface area contributed by atoms with Gasteiger partial charge in [0.15, 0.2) is 17.3 Å². The van der Waals surface area contributed by atoms with E-state index in [2.05, 4.69) is 20.8 Å². The van der Waals surface area contributed by atoms with Crippen molar-refractivity contribution in [3.05, 3.63) is 64.4 Å². The zero-order valence-corrected chi connectivity index (χ0v) is 16.5. The lowest BCUT2D eigenvalue weighted by Crippen LogP contribution is -2.27. The maximum Gasteiger partial charge on any atom is 0.287 e. The van der Waals surface area contributed by atoms with Crippen molar-refractivity contribution in [2.45, 2.75) is 46.2 Å². The predicted octanol–water partition coefficient (Wildman–Crippen LogP) is 3.01. The number of benzene rings is 1. The molecule has 3 heterocycles. The second-order valence-corrected chi connectivity index (χ2v) is 7.23. The normalized spacial score (nSPS) is 13.0. The molecule has 0 bridgehead atoms. The average molecular weight is 393 g/mol. The molecule has 8 heteroatoms. The SMILES string of the molecule is Cc1cc(NC(=O)c2nc(C(=O)NCc3ccccc3C)n3c2CCCC3)no1. The third-order valence-electron chi connectivity index (χ3n) is 5.11. The monoisotopic (exact) mass is 393 g/mol. The fourth-order valence-electron chi connectivity index (χ4n) is 3.56. The van der Waals surface area contributed by atoms with Crippen molar-refractivity contribution < 1.29 is 14.1 Å². The van der Waals surface area contributed by atoms with E-state index in [1.165, 1.54) is 0 Å². The lowest BCUT2D eigenvalue weighted by atomic mass is 10.1. The Morgan fingerprint density at radius 1 is 1.17 bits per heavy atom.